The lowest BCUT2D eigenvalue weighted by Gasteiger charge is -2.11. The normalized spacial score (nSPS) is 10.8. The number of ether oxygens (including phenoxy) is 1. The van der Waals surface area contributed by atoms with Gasteiger partial charge in [0.2, 0.25) is 0 Å². The Bertz CT molecular complexity index is 365. The Morgan fingerprint density at radius 2 is 2.06 bits per heavy atom. The van der Waals surface area contributed by atoms with E-state index in [9.17, 15) is 0 Å². The number of hydrogen-bond acceptors (Lipinski definition) is 3. The van der Waals surface area contributed by atoms with Crippen molar-refractivity contribution in [1.82, 2.24) is 5.32 Å². The van der Waals surface area contributed by atoms with Crippen LogP contribution in [0.3, 0.4) is 0 Å². The molecule has 2 N–H and O–H groups in total. The molecular weight excluding hydrogens is 222 g/mol. The number of amidine groups is 1. The van der Waals surface area contributed by atoms with Gasteiger partial charge in [0, 0.05) is 12.7 Å². The molecule has 0 bridgehead atoms. The summed E-state index contributed by atoms with van der Waals surface area (Å²) in [5.74, 6) is 0. The molecule has 0 saturated carbocycles. The second-order valence-electron chi connectivity index (χ2n) is 2.91. The Hall–Kier alpha value is -1.62. The Balaban J connectivity index is 2.48. The van der Waals surface area contributed by atoms with E-state index < -0.39 is 0 Å². The van der Waals surface area contributed by atoms with Crippen LogP contribution in [0.2, 0.25) is 0 Å². The lowest BCUT2D eigenvalue weighted by molar-refractivity contribution is 0.316. The zero-order chi connectivity index (χ0) is 11.8. The van der Waals surface area contributed by atoms with Crippen LogP contribution in [0.5, 0.6) is 0 Å². The third-order valence-electron chi connectivity index (χ3n) is 1.74. The summed E-state index contributed by atoms with van der Waals surface area (Å²) in [6.07, 6.45) is 0. The molecule has 0 aliphatic carbocycles. The smallest absolute Gasteiger partial charge is 0.290 e. The Labute approximate surface area is 101 Å². The molecule has 0 heterocycles. The molecule has 86 valence electrons. The summed E-state index contributed by atoms with van der Waals surface area (Å²) < 4.78 is 5.21. The maximum absolute atomic E-state index is 5.21. The summed E-state index contributed by atoms with van der Waals surface area (Å²) in [5, 5.41) is 6.35. The zero-order valence-corrected chi connectivity index (χ0v) is 10.2. The molecule has 0 radical (unpaired) electrons. The maximum atomic E-state index is 5.21. The lowest BCUT2D eigenvalue weighted by atomic mass is 10.3. The van der Waals surface area contributed by atoms with Gasteiger partial charge in [-0.3, -0.25) is 5.32 Å². The highest BCUT2D eigenvalue weighted by Gasteiger charge is 2.01. The molecule has 0 spiro atoms. The average molecular weight is 237 g/mol. The molecule has 0 aromatic heterocycles. The molecule has 0 unspecified atom stereocenters. The highest BCUT2D eigenvalue weighted by Crippen LogP contribution is 2.04. The number of para-hydroxylation sites is 1. The maximum Gasteiger partial charge on any atom is 0.290 e. The highest BCUT2D eigenvalue weighted by molar-refractivity contribution is 7.80. The van der Waals surface area contributed by atoms with E-state index in [1.807, 2.05) is 37.3 Å². The van der Waals surface area contributed by atoms with Crippen LogP contribution in [-0.4, -0.2) is 24.8 Å². The van der Waals surface area contributed by atoms with Gasteiger partial charge in [-0.25, -0.2) is 4.99 Å². The molecule has 0 saturated heterocycles. The van der Waals surface area contributed by atoms with Crippen LogP contribution in [0.4, 0.5) is 5.69 Å². The number of anilines is 1. The SMILES string of the molecule is CCOC(=NC)NC(=S)Nc1ccccc1. The van der Waals surface area contributed by atoms with Gasteiger partial charge < -0.3 is 10.1 Å². The molecule has 4 nitrogen and oxygen atoms in total. The summed E-state index contributed by atoms with van der Waals surface area (Å²) in [6, 6.07) is 10.1. The van der Waals surface area contributed by atoms with Crippen molar-refractivity contribution in [3.63, 3.8) is 0 Å². The molecule has 0 amide bonds. The summed E-state index contributed by atoms with van der Waals surface area (Å²) in [5.41, 5.74) is 0.923. The number of benzene rings is 1. The molecule has 1 aromatic rings. The van der Waals surface area contributed by atoms with Gasteiger partial charge in [0.15, 0.2) is 5.11 Å². The lowest BCUT2D eigenvalue weighted by Crippen LogP contribution is -2.35. The van der Waals surface area contributed by atoms with E-state index >= 15 is 0 Å². The van der Waals surface area contributed by atoms with Crippen molar-refractivity contribution in [3.05, 3.63) is 30.3 Å². The van der Waals surface area contributed by atoms with E-state index in [0.29, 0.717) is 17.7 Å². The monoisotopic (exact) mass is 237 g/mol. The molecule has 0 atom stereocenters. The number of rotatable bonds is 2. The number of nitrogens with zero attached hydrogens (tertiary/aromatic N) is 1. The van der Waals surface area contributed by atoms with Crippen LogP contribution in [0, 0.1) is 0 Å². The van der Waals surface area contributed by atoms with Crippen LogP contribution in [0.25, 0.3) is 0 Å². The van der Waals surface area contributed by atoms with Gasteiger partial charge >= 0.3 is 0 Å². The van der Waals surface area contributed by atoms with Gasteiger partial charge in [-0.05, 0) is 31.3 Å². The number of aliphatic imine (C=N–C) groups is 1. The predicted molar refractivity (Wildman–Crippen MR) is 70.8 cm³/mol. The first kappa shape index (κ1) is 12.4. The summed E-state index contributed by atoms with van der Waals surface area (Å²) in [4.78, 5) is 3.92. The third kappa shape index (κ3) is 4.27. The minimum Gasteiger partial charge on any atom is -0.465 e. The van der Waals surface area contributed by atoms with Crippen molar-refractivity contribution in [2.45, 2.75) is 6.92 Å². The molecule has 0 aliphatic heterocycles. The summed E-state index contributed by atoms with van der Waals surface area (Å²) >= 11 is 5.11. The molecular formula is C11H15N3OS. The fourth-order valence-corrected chi connectivity index (χ4v) is 1.28. The number of thiocarbonyl (C=S) groups is 1. The second kappa shape index (κ2) is 6.79. The van der Waals surface area contributed by atoms with E-state index in [2.05, 4.69) is 15.6 Å². The van der Waals surface area contributed by atoms with Crippen LogP contribution in [0.1, 0.15) is 6.92 Å². The number of nitrogens with one attached hydrogen (secondary N) is 2. The summed E-state index contributed by atoms with van der Waals surface area (Å²) in [7, 11) is 1.64. The first-order valence-corrected chi connectivity index (χ1v) is 5.39. The van der Waals surface area contributed by atoms with Crippen molar-refractivity contribution >= 4 is 29.0 Å². The number of hydrogen-bond donors (Lipinski definition) is 2. The first-order valence-electron chi connectivity index (χ1n) is 4.99. The molecule has 1 rings (SSSR count). The fourth-order valence-electron chi connectivity index (χ4n) is 1.07. The zero-order valence-electron chi connectivity index (χ0n) is 9.36. The predicted octanol–water partition coefficient (Wildman–Crippen LogP) is 2.00. The standard InChI is InChI=1S/C11H15N3OS/c1-3-15-10(12-2)14-11(16)13-9-7-5-4-6-8-9/h4-8H,3H2,1-2H3,(H2,12,13,14,16). The van der Waals surface area contributed by atoms with E-state index in [0.717, 1.165) is 5.69 Å². The molecule has 0 aliphatic rings. The molecule has 16 heavy (non-hydrogen) atoms. The largest absolute Gasteiger partial charge is 0.465 e. The van der Waals surface area contributed by atoms with Crippen molar-refractivity contribution in [2.75, 3.05) is 19.0 Å². The van der Waals surface area contributed by atoms with Gasteiger partial charge in [0.05, 0.1) is 6.61 Å². The Morgan fingerprint density at radius 1 is 1.38 bits per heavy atom. The quantitative estimate of drug-likeness (QED) is 0.469. The minimum absolute atomic E-state index is 0.413. The van der Waals surface area contributed by atoms with Crippen LogP contribution < -0.4 is 10.6 Å². The molecule has 0 fully saturated rings. The first-order chi connectivity index (χ1) is 7.76. The molecule has 1 aromatic carbocycles. The van der Waals surface area contributed by atoms with E-state index in [1.54, 1.807) is 7.05 Å². The Kier molecular flexibility index (Phi) is 5.28. The Morgan fingerprint density at radius 3 is 2.62 bits per heavy atom. The minimum atomic E-state index is 0.413. The van der Waals surface area contributed by atoms with Crippen molar-refractivity contribution in [2.24, 2.45) is 4.99 Å². The van der Waals surface area contributed by atoms with E-state index in [-0.39, 0.29) is 0 Å². The van der Waals surface area contributed by atoms with Crippen molar-refractivity contribution in [3.8, 4) is 0 Å². The van der Waals surface area contributed by atoms with Crippen molar-refractivity contribution in [1.29, 1.82) is 0 Å². The van der Waals surface area contributed by atoms with E-state index in [4.69, 9.17) is 17.0 Å². The van der Waals surface area contributed by atoms with Crippen LogP contribution >= 0.6 is 12.2 Å². The third-order valence-corrected chi connectivity index (χ3v) is 1.94. The van der Waals surface area contributed by atoms with Gasteiger partial charge in [0.1, 0.15) is 0 Å². The van der Waals surface area contributed by atoms with Gasteiger partial charge in [-0.2, -0.15) is 0 Å². The topological polar surface area (TPSA) is 45.6 Å². The highest BCUT2D eigenvalue weighted by atomic mass is 32.1. The summed E-state index contributed by atoms with van der Waals surface area (Å²) in [6.45, 7) is 2.44. The molecule has 5 heteroatoms. The van der Waals surface area contributed by atoms with Gasteiger partial charge in [0.25, 0.3) is 6.02 Å². The fraction of sp³-hybridized carbons (Fsp3) is 0.273. The van der Waals surface area contributed by atoms with Crippen LogP contribution in [-0.2, 0) is 4.74 Å². The van der Waals surface area contributed by atoms with Crippen molar-refractivity contribution < 1.29 is 4.74 Å². The van der Waals surface area contributed by atoms with E-state index in [1.165, 1.54) is 0 Å². The van der Waals surface area contributed by atoms with Gasteiger partial charge in [-0.1, -0.05) is 18.2 Å². The second-order valence-corrected chi connectivity index (χ2v) is 3.32. The van der Waals surface area contributed by atoms with Gasteiger partial charge in [-0.15, -0.1) is 0 Å². The van der Waals surface area contributed by atoms with Crippen LogP contribution in [0.15, 0.2) is 35.3 Å². The average Bonchev–Trinajstić information content (AvgIpc) is 2.29.